The molecule has 0 heterocycles. The third-order valence-electron chi connectivity index (χ3n) is 3.02. The Morgan fingerprint density at radius 3 is 2.80 bits per heavy atom. The first-order valence-corrected chi connectivity index (χ1v) is 3.84. The van der Waals surface area contributed by atoms with E-state index in [2.05, 4.69) is 13.5 Å². The highest BCUT2D eigenvalue weighted by Crippen LogP contribution is 2.56. The lowest BCUT2D eigenvalue weighted by Crippen LogP contribution is -2.42. The van der Waals surface area contributed by atoms with E-state index in [0.717, 1.165) is 12.8 Å². The number of rotatable bonds is 0. The van der Waals surface area contributed by atoms with Gasteiger partial charge in [-0.2, -0.15) is 0 Å². The van der Waals surface area contributed by atoms with E-state index in [1.807, 2.05) is 0 Å². The maximum atomic E-state index is 11.1. The van der Waals surface area contributed by atoms with E-state index < -0.39 is 0 Å². The van der Waals surface area contributed by atoms with Gasteiger partial charge in [0.15, 0.2) is 0 Å². The second kappa shape index (κ2) is 1.52. The van der Waals surface area contributed by atoms with Crippen LogP contribution in [0, 0.1) is 11.3 Å². The molecule has 0 N–H and O–H groups in total. The highest BCUT2D eigenvalue weighted by atomic mass is 16.1. The van der Waals surface area contributed by atoms with E-state index in [-0.39, 0.29) is 5.92 Å². The fourth-order valence-corrected chi connectivity index (χ4v) is 2.40. The quantitative estimate of drug-likeness (QED) is 0.465. The number of hydrogen-bond acceptors (Lipinski definition) is 1. The van der Waals surface area contributed by atoms with Gasteiger partial charge in [-0.3, -0.25) is 4.79 Å². The molecule has 2 unspecified atom stereocenters. The van der Waals surface area contributed by atoms with Gasteiger partial charge in [0.2, 0.25) is 0 Å². The van der Waals surface area contributed by atoms with Gasteiger partial charge in [-0.25, -0.2) is 0 Å². The summed E-state index contributed by atoms with van der Waals surface area (Å²) in [4.78, 5) is 11.1. The minimum atomic E-state index is 0.243. The molecule has 0 aromatic rings. The Balaban J connectivity index is 2.32. The molecule has 0 amide bonds. The van der Waals surface area contributed by atoms with Gasteiger partial charge in [0.05, 0.1) is 0 Å². The molecule has 0 radical (unpaired) electrons. The molecule has 2 aliphatic carbocycles. The molecule has 0 aromatic heterocycles. The van der Waals surface area contributed by atoms with Crippen molar-refractivity contribution in [3.05, 3.63) is 12.2 Å². The summed E-state index contributed by atoms with van der Waals surface area (Å²) >= 11 is 0. The molecule has 0 aliphatic heterocycles. The fourth-order valence-electron chi connectivity index (χ4n) is 2.40. The molecule has 2 rings (SSSR count). The van der Waals surface area contributed by atoms with Crippen molar-refractivity contribution >= 4 is 5.78 Å². The highest BCUT2D eigenvalue weighted by molar-refractivity contribution is 5.92. The van der Waals surface area contributed by atoms with E-state index in [1.54, 1.807) is 0 Å². The van der Waals surface area contributed by atoms with E-state index in [9.17, 15) is 4.79 Å². The number of hydrogen-bond donors (Lipinski definition) is 0. The highest BCUT2D eigenvalue weighted by Gasteiger charge is 2.54. The van der Waals surface area contributed by atoms with Crippen LogP contribution in [0.25, 0.3) is 0 Å². The van der Waals surface area contributed by atoms with Gasteiger partial charge in [0, 0.05) is 12.3 Å². The zero-order valence-corrected chi connectivity index (χ0v) is 6.31. The summed E-state index contributed by atoms with van der Waals surface area (Å²) in [6.45, 7) is 6.12. The molecular formula is C9H12O. The molecule has 0 aromatic carbocycles. The van der Waals surface area contributed by atoms with Crippen LogP contribution in [0.3, 0.4) is 0 Å². The molecule has 0 spiro atoms. The van der Waals surface area contributed by atoms with Crippen molar-refractivity contribution in [3.8, 4) is 0 Å². The van der Waals surface area contributed by atoms with E-state index >= 15 is 0 Å². The molecule has 2 fully saturated rings. The number of carbonyl (C=O) groups excluding carboxylic acids is 1. The van der Waals surface area contributed by atoms with Gasteiger partial charge in [0.25, 0.3) is 0 Å². The maximum absolute atomic E-state index is 11.1. The summed E-state index contributed by atoms with van der Waals surface area (Å²) < 4.78 is 0. The van der Waals surface area contributed by atoms with Crippen LogP contribution in [0.15, 0.2) is 12.2 Å². The number of fused-ring (bicyclic) bond motifs is 1. The minimum absolute atomic E-state index is 0.243. The number of carbonyl (C=O) groups is 1. The summed E-state index contributed by atoms with van der Waals surface area (Å²) in [6, 6.07) is 0. The average molecular weight is 136 g/mol. The van der Waals surface area contributed by atoms with E-state index in [4.69, 9.17) is 0 Å². The molecule has 0 bridgehead atoms. The summed E-state index contributed by atoms with van der Waals surface area (Å²) in [7, 11) is 0. The minimum Gasteiger partial charge on any atom is -0.299 e. The van der Waals surface area contributed by atoms with Crippen molar-refractivity contribution in [2.75, 3.05) is 0 Å². The second-order valence-electron chi connectivity index (χ2n) is 3.89. The zero-order valence-electron chi connectivity index (χ0n) is 6.31. The van der Waals surface area contributed by atoms with Crippen LogP contribution in [0.1, 0.15) is 26.2 Å². The summed E-state index contributed by atoms with van der Waals surface area (Å²) in [5.41, 5.74) is 1.51. The smallest absolute Gasteiger partial charge is 0.141 e. The van der Waals surface area contributed by atoms with Crippen LogP contribution in [0.5, 0.6) is 0 Å². The van der Waals surface area contributed by atoms with Crippen LogP contribution in [-0.2, 0) is 4.79 Å². The van der Waals surface area contributed by atoms with Crippen molar-refractivity contribution in [2.24, 2.45) is 11.3 Å². The molecule has 1 nitrogen and oxygen atoms in total. The summed E-state index contributed by atoms with van der Waals surface area (Å²) in [5, 5.41) is 0. The van der Waals surface area contributed by atoms with Crippen LogP contribution < -0.4 is 0 Å². The van der Waals surface area contributed by atoms with Crippen LogP contribution >= 0.6 is 0 Å². The molecule has 10 heavy (non-hydrogen) atoms. The van der Waals surface area contributed by atoms with Crippen LogP contribution in [0.4, 0.5) is 0 Å². The van der Waals surface area contributed by atoms with Crippen molar-refractivity contribution in [1.29, 1.82) is 0 Å². The standard InChI is InChI=1S/C9H12O/c1-6-3-4-9(2)5-7(10)8(6)9/h8H,1,3-5H2,2H3. The Kier molecular flexibility index (Phi) is 0.936. The van der Waals surface area contributed by atoms with Crippen molar-refractivity contribution in [3.63, 3.8) is 0 Å². The normalized spacial score (nSPS) is 45.1. The lowest BCUT2D eigenvalue weighted by atomic mass is 9.62. The van der Waals surface area contributed by atoms with Gasteiger partial charge < -0.3 is 0 Å². The molecule has 2 saturated carbocycles. The molecule has 1 heteroatoms. The van der Waals surface area contributed by atoms with Gasteiger partial charge in [-0.15, -0.1) is 0 Å². The van der Waals surface area contributed by atoms with Crippen LogP contribution in [0.2, 0.25) is 0 Å². The monoisotopic (exact) mass is 136 g/mol. The van der Waals surface area contributed by atoms with Crippen molar-refractivity contribution < 1.29 is 4.79 Å². The van der Waals surface area contributed by atoms with Gasteiger partial charge in [-0.05, 0) is 18.3 Å². The largest absolute Gasteiger partial charge is 0.299 e. The third kappa shape index (κ3) is 0.511. The zero-order chi connectivity index (χ0) is 7.35. The third-order valence-corrected chi connectivity index (χ3v) is 3.02. The molecule has 54 valence electrons. The Morgan fingerprint density at radius 1 is 1.70 bits per heavy atom. The predicted molar refractivity (Wildman–Crippen MR) is 39.6 cm³/mol. The van der Waals surface area contributed by atoms with Gasteiger partial charge >= 0.3 is 0 Å². The molecule has 2 aliphatic rings. The SMILES string of the molecule is C=C1CCC2(C)CC(=O)C12. The Labute approximate surface area is 61.1 Å². The van der Waals surface area contributed by atoms with Gasteiger partial charge in [0.1, 0.15) is 5.78 Å². The first-order valence-electron chi connectivity index (χ1n) is 3.84. The van der Waals surface area contributed by atoms with Crippen molar-refractivity contribution in [1.82, 2.24) is 0 Å². The van der Waals surface area contributed by atoms with Crippen LogP contribution in [-0.4, -0.2) is 5.78 Å². The summed E-state index contributed by atoms with van der Waals surface area (Å²) in [6.07, 6.45) is 3.06. The molecular weight excluding hydrogens is 124 g/mol. The Morgan fingerprint density at radius 2 is 2.40 bits per heavy atom. The van der Waals surface area contributed by atoms with Gasteiger partial charge in [-0.1, -0.05) is 19.1 Å². The maximum Gasteiger partial charge on any atom is 0.141 e. The first kappa shape index (κ1) is 6.14. The van der Waals surface area contributed by atoms with E-state index in [1.165, 1.54) is 12.0 Å². The number of allylic oxidation sites excluding steroid dienone is 1. The lowest BCUT2D eigenvalue weighted by Gasteiger charge is -2.40. The Bertz CT molecular complexity index is 217. The van der Waals surface area contributed by atoms with E-state index in [0.29, 0.717) is 11.2 Å². The lowest BCUT2D eigenvalue weighted by molar-refractivity contribution is -0.136. The Hall–Kier alpha value is -0.590. The first-order chi connectivity index (χ1) is 4.63. The molecule has 2 atom stereocenters. The average Bonchev–Trinajstić information content (AvgIpc) is 2.03. The van der Waals surface area contributed by atoms with Crippen molar-refractivity contribution in [2.45, 2.75) is 26.2 Å². The fraction of sp³-hybridized carbons (Fsp3) is 0.667. The number of Topliss-reactive ketones (excluding diaryl/α,β-unsaturated/α-hetero) is 1. The second-order valence-corrected chi connectivity index (χ2v) is 3.89. The molecule has 0 saturated heterocycles. The predicted octanol–water partition coefficient (Wildman–Crippen LogP) is 1.93. The summed E-state index contributed by atoms with van der Waals surface area (Å²) in [5.74, 6) is 0.664. The topological polar surface area (TPSA) is 17.1 Å². The number of ketones is 1.